The molecule has 1 aliphatic heterocycles. The van der Waals surface area contributed by atoms with Crippen molar-refractivity contribution in [3.05, 3.63) is 41.5 Å². The zero-order valence-corrected chi connectivity index (χ0v) is 17.4. The van der Waals surface area contributed by atoms with Crippen LogP contribution in [0.4, 0.5) is 11.4 Å². The van der Waals surface area contributed by atoms with Crippen molar-refractivity contribution in [2.75, 3.05) is 38.1 Å². The summed E-state index contributed by atoms with van der Waals surface area (Å²) in [5.41, 5.74) is 3.42. The Kier molecular flexibility index (Phi) is 5.96. The molecule has 1 aliphatic rings. The predicted octanol–water partition coefficient (Wildman–Crippen LogP) is 3.32. The van der Waals surface area contributed by atoms with Gasteiger partial charge in [0, 0.05) is 30.8 Å². The molecule has 1 saturated heterocycles. The number of hydrogen-bond donors (Lipinski definition) is 1. The number of amides is 2. The van der Waals surface area contributed by atoms with E-state index in [2.05, 4.69) is 5.32 Å². The van der Waals surface area contributed by atoms with Crippen molar-refractivity contribution in [2.24, 2.45) is 5.92 Å². The Morgan fingerprint density at radius 3 is 2.28 bits per heavy atom. The molecule has 1 atom stereocenters. The van der Waals surface area contributed by atoms with E-state index in [9.17, 15) is 9.59 Å². The molecule has 7 nitrogen and oxygen atoms in total. The molecule has 2 aromatic rings. The normalized spacial score (nSPS) is 16.0. The molecule has 2 amide bonds. The van der Waals surface area contributed by atoms with E-state index in [1.54, 1.807) is 17.0 Å². The molecular formula is C22H26N2O5. The first-order chi connectivity index (χ1) is 13.9. The van der Waals surface area contributed by atoms with Gasteiger partial charge in [-0.3, -0.25) is 9.59 Å². The molecule has 1 N–H and O–H groups in total. The van der Waals surface area contributed by atoms with E-state index in [-0.39, 0.29) is 24.8 Å². The number of benzene rings is 2. The molecule has 3 rings (SSSR count). The second-order valence-corrected chi connectivity index (χ2v) is 7.10. The van der Waals surface area contributed by atoms with Gasteiger partial charge in [-0.25, -0.2) is 0 Å². The number of carbonyl (C=O) groups excluding carboxylic acids is 2. The van der Waals surface area contributed by atoms with E-state index < -0.39 is 5.92 Å². The molecule has 0 aromatic heterocycles. The molecule has 0 unspecified atom stereocenters. The minimum Gasteiger partial charge on any atom is -0.493 e. The minimum atomic E-state index is -0.443. The first kappa shape index (κ1) is 20.5. The number of anilines is 2. The summed E-state index contributed by atoms with van der Waals surface area (Å²) in [7, 11) is 4.56. The topological polar surface area (TPSA) is 77.1 Å². The highest BCUT2D eigenvalue weighted by molar-refractivity contribution is 6.04. The second kappa shape index (κ2) is 8.43. The number of hydrogen-bond acceptors (Lipinski definition) is 5. The van der Waals surface area contributed by atoms with Crippen LogP contribution in [0.2, 0.25) is 0 Å². The van der Waals surface area contributed by atoms with E-state index in [1.165, 1.54) is 21.3 Å². The Hall–Kier alpha value is -3.22. The summed E-state index contributed by atoms with van der Waals surface area (Å²) in [5.74, 6) is 0.634. The zero-order chi connectivity index (χ0) is 21.1. The van der Waals surface area contributed by atoms with Gasteiger partial charge in [0.05, 0.1) is 32.9 Å². The highest BCUT2D eigenvalue weighted by Gasteiger charge is 2.36. The summed E-state index contributed by atoms with van der Waals surface area (Å²) in [6.07, 6.45) is 0.146. The maximum Gasteiger partial charge on any atom is 0.229 e. The summed E-state index contributed by atoms with van der Waals surface area (Å²) in [6, 6.07) is 9.32. The Bertz CT molecular complexity index is 916. The van der Waals surface area contributed by atoms with Crippen molar-refractivity contribution >= 4 is 23.2 Å². The van der Waals surface area contributed by atoms with Gasteiger partial charge < -0.3 is 24.4 Å². The third kappa shape index (κ3) is 4.13. The van der Waals surface area contributed by atoms with Crippen LogP contribution in [-0.4, -0.2) is 39.7 Å². The lowest BCUT2D eigenvalue weighted by atomic mass is 10.1. The van der Waals surface area contributed by atoms with Gasteiger partial charge in [0.1, 0.15) is 0 Å². The summed E-state index contributed by atoms with van der Waals surface area (Å²) in [6.45, 7) is 4.20. The van der Waals surface area contributed by atoms with Crippen LogP contribution in [0.5, 0.6) is 17.2 Å². The van der Waals surface area contributed by atoms with Crippen LogP contribution >= 0.6 is 0 Å². The number of ether oxygens (including phenoxy) is 3. The number of rotatable bonds is 6. The predicted molar refractivity (Wildman–Crippen MR) is 111 cm³/mol. The van der Waals surface area contributed by atoms with Crippen molar-refractivity contribution in [2.45, 2.75) is 20.3 Å². The number of nitrogens with one attached hydrogen (secondary N) is 1. The van der Waals surface area contributed by atoms with Crippen LogP contribution in [0, 0.1) is 19.8 Å². The monoisotopic (exact) mass is 398 g/mol. The maximum atomic E-state index is 12.8. The Balaban J connectivity index is 1.81. The second-order valence-electron chi connectivity index (χ2n) is 7.10. The Morgan fingerprint density at radius 1 is 1.03 bits per heavy atom. The van der Waals surface area contributed by atoms with Crippen LogP contribution in [-0.2, 0) is 9.59 Å². The summed E-state index contributed by atoms with van der Waals surface area (Å²) < 4.78 is 16.1. The van der Waals surface area contributed by atoms with Gasteiger partial charge in [-0.05, 0) is 31.0 Å². The van der Waals surface area contributed by atoms with Gasteiger partial charge in [-0.2, -0.15) is 0 Å². The smallest absolute Gasteiger partial charge is 0.229 e. The average molecular weight is 398 g/mol. The first-order valence-electron chi connectivity index (χ1n) is 9.36. The molecule has 0 bridgehead atoms. The average Bonchev–Trinajstić information content (AvgIpc) is 3.11. The lowest BCUT2D eigenvalue weighted by molar-refractivity contribution is -0.122. The summed E-state index contributed by atoms with van der Waals surface area (Å²) in [4.78, 5) is 27.0. The molecule has 2 aromatic carbocycles. The maximum absolute atomic E-state index is 12.8. The Morgan fingerprint density at radius 2 is 1.69 bits per heavy atom. The van der Waals surface area contributed by atoms with Gasteiger partial charge >= 0.3 is 0 Å². The fourth-order valence-corrected chi connectivity index (χ4v) is 3.46. The molecule has 0 aliphatic carbocycles. The van der Waals surface area contributed by atoms with E-state index in [4.69, 9.17) is 14.2 Å². The van der Waals surface area contributed by atoms with Gasteiger partial charge in [0.15, 0.2) is 11.5 Å². The van der Waals surface area contributed by atoms with Gasteiger partial charge in [-0.1, -0.05) is 12.1 Å². The molecular weight excluding hydrogens is 372 g/mol. The SMILES string of the molecule is COc1cc(N2C[C@@H](C(=O)Nc3cc(C)ccc3C)CC2=O)cc(OC)c1OC. The fraction of sp³-hybridized carbons (Fsp3) is 0.364. The first-order valence-corrected chi connectivity index (χ1v) is 9.36. The van der Waals surface area contributed by atoms with E-state index in [0.717, 1.165) is 16.8 Å². The van der Waals surface area contributed by atoms with E-state index >= 15 is 0 Å². The van der Waals surface area contributed by atoms with Crippen LogP contribution in [0.3, 0.4) is 0 Å². The van der Waals surface area contributed by atoms with Gasteiger partial charge in [-0.15, -0.1) is 0 Å². The number of carbonyl (C=O) groups is 2. The van der Waals surface area contributed by atoms with Crippen LogP contribution in [0.1, 0.15) is 17.5 Å². The van der Waals surface area contributed by atoms with Crippen LogP contribution in [0.25, 0.3) is 0 Å². The number of methoxy groups -OCH3 is 3. The lowest BCUT2D eigenvalue weighted by Gasteiger charge is -2.20. The molecule has 0 spiro atoms. The minimum absolute atomic E-state index is 0.125. The third-order valence-corrected chi connectivity index (χ3v) is 5.11. The summed E-state index contributed by atoms with van der Waals surface area (Å²) >= 11 is 0. The molecule has 154 valence electrons. The number of aryl methyl sites for hydroxylation is 2. The molecule has 0 radical (unpaired) electrons. The molecule has 1 fully saturated rings. The van der Waals surface area contributed by atoms with Crippen molar-refractivity contribution in [1.82, 2.24) is 0 Å². The Labute approximate surface area is 170 Å². The van der Waals surface area contributed by atoms with Crippen LogP contribution in [0.15, 0.2) is 30.3 Å². The van der Waals surface area contributed by atoms with Crippen molar-refractivity contribution in [3.63, 3.8) is 0 Å². The van der Waals surface area contributed by atoms with E-state index in [1.807, 2.05) is 32.0 Å². The van der Waals surface area contributed by atoms with Crippen molar-refractivity contribution < 1.29 is 23.8 Å². The molecule has 0 saturated carbocycles. The summed E-state index contributed by atoms with van der Waals surface area (Å²) in [5, 5.41) is 2.96. The molecule has 29 heavy (non-hydrogen) atoms. The molecule has 7 heteroatoms. The van der Waals surface area contributed by atoms with E-state index in [0.29, 0.717) is 22.9 Å². The lowest BCUT2D eigenvalue weighted by Crippen LogP contribution is -2.28. The highest BCUT2D eigenvalue weighted by Crippen LogP contribution is 2.42. The van der Waals surface area contributed by atoms with Gasteiger partial charge in [0.25, 0.3) is 0 Å². The third-order valence-electron chi connectivity index (χ3n) is 5.11. The van der Waals surface area contributed by atoms with Crippen molar-refractivity contribution in [3.8, 4) is 17.2 Å². The quantitative estimate of drug-likeness (QED) is 0.808. The van der Waals surface area contributed by atoms with Crippen LogP contribution < -0.4 is 24.4 Å². The largest absolute Gasteiger partial charge is 0.493 e. The van der Waals surface area contributed by atoms with Crippen molar-refractivity contribution in [1.29, 1.82) is 0 Å². The van der Waals surface area contributed by atoms with Gasteiger partial charge in [0.2, 0.25) is 17.6 Å². The molecule has 1 heterocycles. The zero-order valence-electron chi connectivity index (χ0n) is 17.4. The highest BCUT2D eigenvalue weighted by atomic mass is 16.5. The fourth-order valence-electron chi connectivity index (χ4n) is 3.46. The number of nitrogens with zero attached hydrogens (tertiary/aromatic N) is 1. The standard InChI is InChI=1S/C22H26N2O5/c1-13-6-7-14(2)17(8-13)23-22(26)15-9-20(25)24(12-15)16-10-18(27-3)21(29-5)19(11-16)28-4/h6-8,10-11,15H,9,12H2,1-5H3,(H,23,26)/t15-/m0/s1.